The Morgan fingerprint density at radius 1 is 0.510 bits per heavy atom. The van der Waals surface area contributed by atoms with Crippen molar-refractivity contribution in [2.75, 3.05) is 4.90 Å². The van der Waals surface area contributed by atoms with Crippen LogP contribution in [-0.2, 0) is 0 Å². The van der Waals surface area contributed by atoms with Crippen LogP contribution in [0.5, 0.6) is 0 Å². The summed E-state index contributed by atoms with van der Waals surface area (Å²) in [5.74, 6) is 1.03. The number of para-hydroxylation sites is 3. The highest BCUT2D eigenvalue weighted by Gasteiger charge is 2.22. The summed E-state index contributed by atoms with van der Waals surface area (Å²) in [5, 5.41) is 11.1. The van der Waals surface area contributed by atoms with E-state index < -0.39 is 0 Å². The Labute approximate surface area is 284 Å². The predicted octanol–water partition coefficient (Wildman–Crippen LogP) is 11.2. The SMILES string of the molecule is C1=CC(N(c2ccccc2)c2ccc(-c3ccc(-c4nnc(-c5ccccc5)o4)cc3)cc2)CC=C1n1c2ccccc2c2ccccc21. The molecule has 0 radical (unpaired) electrons. The summed E-state index contributed by atoms with van der Waals surface area (Å²) in [4.78, 5) is 2.43. The van der Waals surface area contributed by atoms with Gasteiger partial charge >= 0.3 is 0 Å². The number of allylic oxidation sites excluding steroid dienone is 2. The van der Waals surface area contributed by atoms with Crippen molar-refractivity contribution in [2.24, 2.45) is 0 Å². The van der Waals surface area contributed by atoms with Crippen LogP contribution in [0.3, 0.4) is 0 Å². The zero-order valence-corrected chi connectivity index (χ0v) is 26.7. The van der Waals surface area contributed by atoms with Gasteiger partial charge in [0, 0.05) is 39.0 Å². The van der Waals surface area contributed by atoms with Crippen molar-refractivity contribution < 1.29 is 4.42 Å². The second-order valence-electron chi connectivity index (χ2n) is 12.3. The van der Waals surface area contributed by atoms with Gasteiger partial charge in [-0.3, -0.25) is 0 Å². The largest absolute Gasteiger partial charge is 0.416 e. The second-order valence-corrected chi connectivity index (χ2v) is 12.3. The lowest BCUT2D eigenvalue weighted by Crippen LogP contribution is -2.30. The average molecular weight is 633 g/mol. The van der Waals surface area contributed by atoms with E-state index in [2.05, 4.69) is 153 Å². The van der Waals surface area contributed by atoms with E-state index in [1.165, 1.54) is 27.5 Å². The number of anilines is 2. The monoisotopic (exact) mass is 632 g/mol. The maximum Gasteiger partial charge on any atom is 0.248 e. The molecule has 1 atom stereocenters. The van der Waals surface area contributed by atoms with E-state index in [4.69, 9.17) is 4.42 Å². The van der Waals surface area contributed by atoms with Gasteiger partial charge in [-0.15, -0.1) is 10.2 Å². The summed E-state index contributed by atoms with van der Waals surface area (Å²) in [6.45, 7) is 0. The third-order valence-electron chi connectivity index (χ3n) is 9.32. The average Bonchev–Trinajstić information content (AvgIpc) is 3.81. The predicted molar refractivity (Wildman–Crippen MR) is 200 cm³/mol. The van der Waals surface area contributed by atoms with Crippen LogP contribution >= 0.6 is 0 Å². The van der Waals surface area contributed by atoms with Gasteiger partial charge in [-0.1, -0.05) is 109 Å². The minimum atomic E-state index is 0.166. The molecule has 1 unspecified atom stereocenters. The van der Waals surface area contributed by atoms with Gasteiger partial charge in [0.2, 0.25) is 11.8 Å². The van der Waals surface area contributed by atoms with Gasteiger partial charge in [0.1, 0.15) is 0 Å². The first-order chi connectivity index (χ1) is 24.3. The standard InChI is InChI=1S/C44H32N4O/c1-3-11-33(12-4-1)43-45-46-44(49-43)34-21-19-31(20-22-34)32-23-25-36(26-24-32)47(35-13-5-2-6-14-35)37-27-29-38(30-28-37)48-41-17-9-7-15-39(41)40-16-8-10-18-42(40)48/h1-27,29-30,37H,28H2. The number of hydrogen-bond acceptors (Lipinski definition) is 4. The summed E-state index contributed by atoms with van der Waals surface area (Å²) < 4.78 is 8.36. The summed E-state index contributed by atoms with van der Waals surface area (Å²) in [7, 11) is 0. The molecular weight excluding hydrogens is 601 g/mol. The number of nitrogens with zero attached hydrogens (tertiary/aromatic N) is 4. The Morgan fingerprint density at radius 3 is 1.59 bits per heavy atom. The Hall–Kier alpha value is -6.46. The van der Waals surface area contributed by atoms with Crippen molar-refractivity contribution in [3.63, 3.8) is 0 Å². The van der Waals surface area contributed by atoms with E-state index in [1.807, 2.05) is 42.5 Å². The number of rotatable bonds is 7. The molecule has 0 bridgehead atoms. The molecule has 6 aromatic carbocycles. The molecule has 234 valence electrons. The Bertz CT molecular complexity index is 2400. The lowest BCUT2D eigenvalue weighted by Gasteiger charge is -2.33. The number of aromatic nitrogens is 3. The van der Waals surface area contributed by atoms with Crippen LogP contribution in [0.2, 0.25) is 0 Å². The van der Waals surface area contributed by atoms with E-state index >= 15 is 0 Å². The normalized spacial score (nSPS) is 14.3. The highest BCUT2D eigenvalue weighted by Crippen LogP contribution is 2.37. The maximum atomic E-state index is 5.97. The summed E-state index contributed by atoms with van der Waals surface area (Å²) in [5.41, 5.74) is 10.1. The van der Waals surface area contributed by atoms with Gasteiger partial charge in [0.15, 0.2) is 0 Å². The van der Waals surface area contributed by atoms with E-state index in [0.29, 0.717) is 11.8 Å². The van der Waals surface area contributed by atoms with Crippen LogP contribution < -0.4 is 4.90 Å². The molecule has 0 saturated heterocycles. The van der Waals surface area contributed by atoms with Crippen molar-refractivity contribution in [1.82, 2.24) is 14.8 Å². The fourth-order valence-electron chi connectivity index (χ4n) is 6.93. The van der Waals surface area contributed by atoms with Crippen molar-refractivity contribution in [3.8, 4) is 34.0 Å². The molecule has 5 nitrogen and oxygen atoms in total. The van der Waals surface area contributed by atoms with Crippen LogP contribution in [0.1, 0.15) is 6.42 Å². The van der Waals surface area contributed by atoms with Gasteiger partial charge in [0.25, 0.3) is 0 Å². The summed E-state index contributed by atoms with van der Waals surface area (Å²) >= 11 is 0. The van der Waals surface area contributed by atoms with Gasteiger partial charge in [0.05, 0.1) is 17.1 Å². The fourth-order valence-corrected chi connectivity index (χ4v) is 6.93. The first kappa shape index (κ1) is 28.7. The molecule has 5 heteroatoms. The number of fused-ring (bicyclic) bond motifs is 3. The lowest BCUT2D eigenvalue weighted by atomic mass is 10.0. The molecule has 9 rings (SSSR count). The molecule has 49 heavy (non-hydrogen) atoms. The molecule has 1 aliphatic carbocycles. The quantitative estimate of drug-likeness (QED) is 0.175. The van der Waals surface area contributed by atoms with Crippen LogP contribution in [0.25, 0.3) is 61.5 Å². The summed E-state index contributed by atoms with van der Waals surface area (Å²) in [6.07, 6.45) is 7.89. The van der Waals surface area contributed by atoms with Crippen LogP contribution in [0.15, 0.2) is 180 Å². The Kier molecular flexibility index (Phi) is 7.21. The molecule has 8 aromatic rings. The molecule has 0 aliphatic heterocycles. The molecular formula is C44H32N4O. The minimum Gasteiger partial charge on any atom is -0.416 e. The van der Waals surface area contributed by atoms with Gasteiger partial charge < -0.3 is 13.9 Å². The van der Waals surface area contributed by atoms with Crippen molar-refractivity contribution >= 4 is 38.9 Å². The molecule has 0 amide bonds. The van der Waals surface area contributed by atoms with Crippen molar-refractivity contribution in [3.05, 3.63) is 176 Å². The van der Waals surface area contributed by atoms with Crippen LogP contribution in [-0.4, -0.2) is 20.8 Å². The second kappa shape index (κ2) is 12.3. The Balaban J connectivity index is 0.983. The zero-order chi connectivity index (χ0) is 32.6. The Morgan fingerprint density at radius 2 is 1.00 bits per heavy atom. The van der Waals surface area contributed by atoms with Crippen molar-refractivity contribution in [2.45, 2.75) is 12.5 Å². The van der Waals surface area contributed by atoms with E-state index in [0.717, 1.165) is 40.0 Å². The molecule has 0 fully saturated rings. The van der Waals surface area contributed by atoms with Gasteiger partial charge in [-0.2, -0.15) is 0 Å². The highest BCUT2D eigenvalue weighted by atomic mass is 16.4. The van der Waals surface area contributed by atoms with E-state index in [9.17, 15) is 0 Å². The summed E-state index contributed by atoms with van der Waals surface area (Å²) in [6, 6.07) is 55.2. The van der Waals surface area contributed by atoms with E-state index in [1.54, 1.807) is 0 Å². The van der Waals surface area contributed by atoms with Crippen LogP contribution in [0, 0.1) is 0 Å². The third kappa shape index (κ3) is 5.31. The van der Waals surface area contributed by atoms with Crippen LogP contribution in [0.4, 0.5) is 11.4 Å². The minimum absolute atomic E-state index is 0.166. The maximum absolute atomic E-state index is 5.97. The van der Waals surface area contributed by atoms with Gasteiger partial charge in [-0.25, -0.2) is 0 Å². The molecule has 1 aliphatic rings. The zero-order valence-electron chi connectivity index (χ0n) is 26.7. The fraction of sp³-hybridized carbons (Fsp3) is 0.0455. The molecule has 0 N–H and O–H groups in total. The number of benzene rings is 6. The highest BCUT2D eigenvalue weighted by molar-refractivity contribution is 6.10. The number of hydrogen-bond donors (Lipinski definition) is 0. The molecule has 0 saturated carbocycles. The topological polar surface area (TPSA) is 47.1 Å². The first-order valence-corrected chi connectivity index (χ1v) is 16.6. The van der Waals surface area contributed by atoms with Crippen molar-refractivity contribution in [1.29, 1.82) is 0 Å². The molecule has 2 aromatic heterocycles. The molecule has 0 spiro atoms. The first-order valence-electron chi connectivity index (χ1n) is 16.6. The van der Waals surface area contributed by atoms with Gasteiger partial charge in [-0.05, 0) is 84.3 Å². The van der Waals surface area contributed by atoms with E-state index in [-0.39, 0.29) is 6.04 Å². The molecule has 2 heterocycles. The third-order valence-corrected chi connectivity index (χ3v) is 9.32. The lowest BCUT2D eigenvalue weighted by molar-refractivity contribution is 0.584. The smallest absolute Gasteiger partial charge is 0.248 e.